The number of nitrogen functional groups attached to an aromatic ring is 1. The number of amidine groups is 1. The molecule has 2 aromatic carbocycles. The number of anilines is 2. The van der Waals surface area contributed by atoms with Crippen molar-refractivity contribution < 1.29 is 60.9 Å². The SMILES string of the molecule is [CH2-]CN1C(=O)C(c2cc(C(=N)N)ccc2OC)Nc2ccccc21.[K+]. The van der Waals surface area contributed by atoms with E-state index in [1.54, 1.807) is 30.2 Å². The second-order valence-corrected chi connectivity index (χ2v) is 5.45. The summed E-state index contributed by atoms with van der Waals surface area (Å²) in [6, 6.07) is 12.1. The van der Waals surface area contributed by atoms with Crippen molar-refractivity contribution in [2.24, 2.45) is 5.73 Å². The molecule has 0 bridgehead atoms. The monoisotopic (exact) mass is 362 g/mol. The molecule has 0 radical (unpaired) electrons. The number of rotatable bonds is 4. The number of nitrogens with zero attached hydrogens (tertiary/aromatic N) is 1. The van der Waals surface area contributed by atoms with Crippen LogP contribution in [-0.4, -0.2) is 25.4 Å². The zero-order chi connectivity index (χ0) is 17.3. The number of nitrogens with one attached hydrogen (secondary N) is 2. The van der Waals surface area contributed by atoms with E-state index in [-0.39, 0.29) is 63.1 Å². The number of nitrogens with two attached hydrogens (primary N) is 1. The van der Waals surface area contributed by atoms with Gasteiger partial charge in [-0.1, -0.05) is 12.1 Å². The minimum atomic E-state index is -0.629. The van der Waals surface area contributed by atoms with Gasteiger partial charge in [0.25, 0.3) is 5.91 Å². The average Bonchev–Trinajstić information content (AvgIpc) is 2.60. The minimum Gasteiger partial charge on any atom is -0.496 e. The molecular weight excluding hydrogens is 343 g/mol. The third kappa shape index (κ3) is 3.75. The molecule has 1 atom stereocenters. The zero-order valence-electron chi connectivity index (χ0n) is 14.4. The fourth-order valence-corrected chi connectivity index (χ4v) is 2.89. The first-order valence-electron chi connectivity index (χ1n) is 7.55. The molecule has 7 heteroatoms. The van der Waals surface area contributed by atoms with Gasteiger partial charge in [0, 0.05) is 11.1 Å². The molecule has 25 heavy (non-hydrogen) atoms. The van der Waals surface area contributed by atoms with Crippen LogP contribution in [0.4, 0.5) is 11.4 Å². The van der Waals surface area contributed by atoms with E-state index in [0.717, 1.165) is 11.4 Å². The predicted octanol–water partition coefficient (Wildman–Crippen LogP) is -0.683. The third-order valence-corrected chi connectivity index (χ3v) is 4.08. The van der Waals surface area contributed by atoms with Gasteiger partial charge in [-0.3, -0.25) is 10.2 Å². The standard InChI is InChI=1S/C18H19N4O2.K/c1-3-22-14-7-5-4-6-13(14)21-16(18(22)23)12-10-11(17(19)20)8-9-15(12)24-2;/h4-10,16,21H,1,3H2,2H3,(H3,19,20);/q-1;+1. The van der Waals surface area contributed by atoms with Gasteiger partial charge in [-0.25, -0.2) is 0 Å². The Morgan fingerprint density at radius 3 is 2.72 bits per heavy atom. The first kappa shape index (κ1) is 19.9. The van der Waals surface area contributed by atoms with Crippen molar-refractivity contribution >= 4 is 23.1 Å². The Morgan fingerprint density at radius 1 is 1.36 bits per heavy atom. The number of benzene rings is 2. The van der Waals surface area contributed by atoms with Gasteiger partial charge in [-0.05, 0) is 30.3 Å². The third-order valence-electron chi connectivity index (χ3n) is 4.08. The molecule has 0 saturated heterocycles. The van der Waals surface area contributed by atoms with E-state index in [4.69, 9.17) is 15.9 Å². The number of para-hydroxylation sites is 2. The molecule has 1 heterocycles. The maximum absolute atomic E-state index is 13.0. The van der Waals surface area contributed by atoms with Crippen LogP contribution in [0.3, 0.4) is 0 Å². The Bertz CT molecular complexity index is 809. The molecule has 1 aliphatic heterocycles. The Labute approximate surface area is 189 Å². The van der Waals surface area contributed by atoms with E-state index < -0.39 is 6.04 Å². The van der Waals surface area contributed by atoms with Gasteiger partial charge in [0.1, 0.15) is 17.6 Å². The number of methoxy groups -OCH3 is 1. The average molecular weight is 362 g/mol. The summed E-state index contributed by atoms with van der Waals surface area (Å²) < 4.78 is 5.40. The van der Waals surface area contributed by atoms with Gasteiger partial charge < -0.3 is 27.6 Å². The van der Waals surface area contributed by atoms with Crippen molar-refractivity contribution in [1.82, 2.24) is 0 Å². The minimum absolute atomic E-state index is 0. The van der Waals surface area contributed by atoms with Crippen LogP contribution >= 0.6 is 0 Å². The van der Waals surface area contributed by atoms with Crippen LogP contribution in [0.25, 0.3) is 0 Å². The van der Waals surface area contributed by atoms with Crippen LogP contribution < -0.4 is 72.1 Å². The van der Waals surface area contributed by atoms with Crippen LogP contribution in [-0.2, 0) is 4.79 Å². The van der Waals surface area contributed by atoms with E-state index in [1.165, 1.54) is 0 Å². The predicted molar refractivity (Wildman–Crippen MR) is 94.5 cm³/mol. The molecule has 124 valence electrons. The van der Waals surface area contributed by atoms with Crippen molar-refractivity contribution in [2.45, 2.75) is 6.04 Å². The van der Waals surface area contributed by atoms with Gasteiger partial charge >= 0.3 is 51.4 Å². The largest absolute Gasteiger partial charge is 1.00 e. The molecule has 3 rings (SSSR count). The van der Waals surface area contributed by atoms with Gasteiger partial charge in [0.15, 0.2) is 0 Å². The van der Waals surface area contributed by atoms with E-state index >= 15 is 0 Å². The van der Waals surface area contributed by atoms with E-state index in [1.807, 2.05) is 24.3 Å². The molecule has 0 spiro atoms. The van der Waals surface area contributed by atoms with Crippen molar-refractivity contribution in [3.05, 3.63) is 60.5 Å². The summed E-state index contributed by atoms with van der Waals surface area (Å²) in [4.78, 5) is 14.6. The Kier molecular flexibility index (Phi) is 6.64. The maximum atomic E-state index is 13.0. The van der Waals surface area contributed by atoms with Crippen molar-refractivity contribution in [1.29, 1.82) is 5.41 Å². The number of amides is 1. The molecule has 6 nitrogen and oxygen atoms in total. The molecule has 0 aromatic heterocycles. The second-order valence-electron chi connectivity index (χ2n) is 5.45. The number of ether oxygens (including phenoxy) is 1. The first-order chi connectivity index (χ1) is 11.6. The number of hydrogen-bond donors (Lipinski definition) is 3. The summed E-state index contributed by atoms with van der Waals surface area (Å²) in [5.41, 5.74) is 8.42. The summed E-state index contributed by atoms with van der Waals surface area (Å²) in [6.45, 7) is 4.19. The van der Waals surface area contributed by atoms with Gasteiger partial charge in [0.05, 0.1) is 18.5 Å². The maximum Gasteiger partial charge on any atom is 1.00 e. The van der Waals surface area contributed by atoms with Crippen molar-refractivity contribution in [2.75, 3.05) is 23.9 Å². The number of carbonyl (C=O) groups is 1. The van der Waals surface area contributed by atoms with Crippen LogP contribution in [0.2, 0.25) is 0 Å². The van der Waals surface area contributed by atoms with Gasteiger partial charge in [0.2, 0.25) is 0 Å². The fourth-order valence-electron chi connectivity index (χ4n) is 2.89. The summed E-state index contributed by atoms with van der Waals surface area (Å²) >= 11 is 0. The Hall–Kier alpha value is -1.38. The summed E-state index contributed by atoms with van der Waals surface area (Å²) in [5.74, 6) is 0.383. The quantitative estimate of drug-likeness (QED) is 0.291. The summed E-state index contributed by atoms with van der Waals surface area (Å²) in [5, 5.41) is 10.9. The summed E-state index contributed by atoms with van der Waals surface area (Å²) in [7, 11) is 1.55. The molecule has 2 aromatic rings. The number of fused-ring (bicyclic) bond motifs is 1. The molecule has 1 amide bonds. The molecule has 1 aliphatic rings. The van der Waals surface area contributed by atoms with E-state index in [9.17, 15) is 4.79 Å². The van der Waals surface area contributed by atoms with Gasteiger partial charge in [-0.2, -0.15) is 0 Å². The topological polar surface area (TPSA) is 91.4 Å². The van der Waals surface area contributed by atoms with E-state index in [2.05, 4.69) is 12.2 Å². The van der Waals surface area contributed by atoms with Gasteiger partial charge in [-0.15, -0.1) is 6.54 Å². The first-order valence-corrected chi connectivity index (χ1v) is 7.55. The number of hydrogen-bond acceptors (Lipinski definition) is 4. The van der Waals surface area contributed by atoms with Crippen LogP contribution in [0.15, 0.2) is 42.5 Å². The van der Waals surface area contributed by atoms with E-state index in [0.29, 0.717) is 23.4 Å². The molecular formula is C18H19KN4O2. The fraction of sp³-hybridized carbons (Fsp3) is 0.167. The van der Waals surface area contributed by atoms with Crippen LogP contribution in [0, 0.1) is 12.3 Å². The molecule has 0 aliphatic carbocycles. The molecule has 1 unspecified atom stereocenters. The van der Waals surface area contributed by atoms with Crippen LogP contribution in [0.1, 0.15) is 17.2 Å². The Balaban J connectivity index is 0.00000225. The normalized spacial score (nSPS) is 15.7. The van der Waals surface area contributed by atoms with Crippen LogP contribution in [0.5, 0.6) is 5.75 Å². The summed E-state index contributed by atoms with van der Waals surface area (Å²) in [6.07, 6.45) is 0. The second kappa shape index (κ2) is 8.33. The molecule has 0 fully saturated rings. The molecule has 0 saturated carbocycles. The zero-order valence-corrected chi connectivity index (χ0v) is 17.5. The smallest absolute Gasteiger partial charge is 0.496 e. The van der Waals surface area contributed by atoms with Crippen molar-refractivity contribution in [3.63, 3.8) is 0 Å². The number of carbonyl (C=O) groups excluding carboxylic acids is 1. The Morgan fingerprint density at radius 2 is 2.08 bits per heavy atom. The van der Waals surface area contributed by atoms with Crippen molar-refractivity contribution in [3.8, 4) is 5.75 Å². The molecule has 4 N–H and O–H groups in total.